The molecule has 1 aliphatic carbocycles. The lowest BCUT2D eigenvalue weighted by Crippen LogP contribution is -2.35. The van der Waals surface area contributed by atoms with Crippen LogP contribution in [0, 0.1) is 11.3 Å². The van der Waals surface area contributed by atoms with E-state index in [1.54, 1.807) is 24.3 Å². The molecule has 4 N–H and O–H groups in total. The molecule has 0 aliphatic heterocycles. The van der Waals surface area contributed by atoms with Crippen molar-refractivity contribution in [2.45, 2.75) is 46.6 Å². The molecule has 2 atom stereocenters. The molecular formula is C20H27NO4. The summed E-state index contributed by atoms with van der Waals surface area (Å²) >= 11 is 0. The number of hydrogen-bond donors (Lipinski definition) is 3. The third kappa shape index (κ3) is 4.23. The van der Waals surface area contributed by atoms with E-state index in [0.717, 1.165) is 16.9 Å². The zero-order chi connectivity index (χ0) is 18.8. The predicted octanol–water partition coefficient (Wildman–Crippen LogP) is 3.84. The van der Waals surface area contributed by atoms with Gasteiger partial charge in [0.2, 0.25) is 0 Å². The number of nitrogens with two attached hydrogens (primary N) is 1. The molecule has 0 saturated heterocycles. The van der Waals surface area contributed by atoms with Crippen molar-refractivity contribution in [1.82, 2.24) is 0 Å². The van der Waals surface area contributed by atoms with Crippen molar-refractivity contribution in [3.05, 3.63) is 47.2 Å². The molecule has 2 unspecified atom stereocenters. The maximum Gasteiger partial charge on any atom is 0.320 e. The molecule has 25 heavy (non-hydrogen) atoms. The summed E-state index contributed by atoms with van der Waals surface area (Å²) in [6.45, 7) is 8.37. The molecule has 0 bridgehead atoms. The Hall–Kier alpha value is -2.27. The highest BCUT2D eigenvalue weighted by Gasteiger charge is 2.39. The van der Waals surface area contributed by atoms with Crippen molar-refractivity contribution in [1.29, 1.82) is 0 Å². The van der Waals surface area contributed by atoms with E-state index in [1.807, 2.05) is 13.0 Å². The number of aliphatic carboxylic acids is 1. The summed E-state index contributed by atoms with van der Waals surface area (Å²) in [4.78, 5) is 11.1. The highest BCUT2D eigenvalue weighted by molar-refractivity contribution is 5.73. The van der Waals surface area contributed by atoms with Gasteiger partial charge in [0.1, 0.15) is 23.3 Å². The number of phenolic OH excluding ortho intramolecular Hbond substituents is 1. The Kier molecular flexibility index (Phi) is 5.58. The Bertz CT molecular complexity index is 703. The van der Waals surface area contributed by atoms with E-state index >= 15 is 0 Å². The summed E-state index contributed by atoms with van der Waals surface area (Å²) in [5.41, 5.74) is 7.46. The van der Waals surface area contributed by atoms with Crippen molar-refractivity contribution in [2.24, 2.45) is 17.1 Å². The van der Waals surface area contributed by atoms with Crippen LogP contribution in [0.3, 0.4) is 0 Å². The lowest BCUT2D eigenvalue weighted by atomic mass is 9.68. The van der Waals surface area contributed by atoms with Crippen LogP contribution in [0.4, 0.5) is 0 Å². The first-order valence-corrected chi connectivity index (χ1v) is 8.49. The monoisotopic (exact) mass is 345 g/mol. The van der Waals surface area contributed by atoms with Crippen LogP contribution in [0.25, 0.3) is 0 Å². The summed E-state index contributed by atoms with van der Waals surface area (Å²) in [6, 6.07) is 5.75. The number of carboxylic acids is 1. The Morgan fingerprint density at radius 2 is 1.92 bits per heavy atom. The Morgan fingerprint density at radius 3 is 2.44 bits per heavy atom. The van der Waals surface area contributed by atoms with Crippen molar-refractivity contribution in [2.75, 3.05) is 0 Å². The number of rotatable bonds is 6. The SMILES string of the molecule is CC1=C(Oc2ccc(O)cc2)C(C)(C(C)C)CC(CC(N)C(=O)O)=C1. The van der Waals surface area contributed by atoms with Crippen LogP contribution in [0.15, 0.2) is 47.2 Å². The van der Waals surface area contributed by atoms with E-state index in [1.165, 1.54) is 0 Å². The zero-order valence-corrected chi connectivity index (χ0v) is 15.2. The summed E-state index contributed by atoms with van der Waals surface area (Å²) in [5.74, 6) is 1.04. The molecule has 0 fully saturated rings. The van der Waals surface area contributed by atoms with Crippen LogP contribution in [-0.4, -0.2) is 22.2 Å². The average Bonchev–Trinajstić information content (AvgIpc) is 2.52. The van der Waals surface area contributed by atoms with Gasteiger partial charge in [-0.15, -0.1) is 0 Å². The minimum absolute atomic E-state index is 0.193. The molecule has 0 aromatic heterocycles. The van der Waals surface area contributed by atoms with Gasteiger partial charge in [-0.1, -0.05) is 32.4 Å². The first-order valence-electron chi connectivity index (χ1n) is 8.49. The topological polar surface area (TPSA) is 92.8 Å². The molecule has 1 aromatic rings. The van der Waals surface area contributed by atoms with E-state index in [-0.39, 0.29) is 11.2 Å². The second kappa shape index (κ2) is 7.31. The van der Waals surface area contributed by atoms with Crippen LogP contribution >= 0.6 is 0 Å². The van der Waals surface area contributed by atoms with E-state index in [9.17, 15) is 9.90 Å². The van der Waals surface area contributed by atoms with Crippen LogP contribution in [0.2, 0.25) is 0 Å². The number of allylic oxidation sites excluding steroid dienone is 3. The van der Waals surface area contributed by atoms with Crippen molar-refractivity contribution in [3.8, 4) is 11.5 Å². The molecule has 0 amide bonds. The number of carbonyl (C=O) groups is 1. The van der Waals surface area contributed by atoms with Gasteiger partial charge in [0.15, 0.2) is 0 Å². The normalized spacial score (nSPS) is 21.9. The fourth-order valence-electron chi connectivity index (χ4n) is 3.22. The third-order valence-corrected chi connectivity index (χ3v) is 5.02. The Labute approximate surface area is 148 Å². The summed E-state index contributed by atoms with van der Waals surface area (Å²) in [5, 5.41) is 18.5. The zero-order valence-electron chi connectivity index (χ0n) is 15.2. The molecule has 2 rings (SSSR count). The van der Waals surface area contributed by atoms with E-state index in [0.29, 0.717) is 24.5 Å². The van der Waals surface area contributed by atoms with E-state index < -0.39 is 12.0 Å². The molecule has 0 spiro atoms. The first kappa shape index (κ1) is 19.1. The van der Waals surface area contributed by atoms with Gasteiger partial charge in [-0.2, -0.15) is 0 Å². The van der Waals surface area contributed by atoms with Crippen molar-refractivity contribution >= 4 is 5.97 Å². The second-order valence-corrected chi connectivity index (χ2v) is 7.31. The number of phenols is 1. The number of benzene rings is 1. The quantitative estimate of drug-likeness (QED) is 0.728. The largest absolute Gasteiger partial charge is 0.508 e. The van der Waals surface area contributed by atoms with Crippen molar-refractivity contribution in [3.63, 3.8) is 0 Å². The Morgan fingerprint density at radius 1 is 1.32 bits per heavy atom. The maximum absolute atomic E-state index is 11.1. The molecule has 1 aliphatic rings. The fraction of sp³-hybridized carbons (Fsp3) is 0.450. The minimum atomic E-state index is -0.986. The van der Waals surface area contributed by atoms with Gasteiger partial charge < -0.3 is 20.7 Å². The highest BCUT2D eigenvalue weighted by atomic mass is 16.5. The standard InChI is InChI=1S/C20H27NO4/c1-12(2)20(4)11-14(10-17(21)19(23)24)9-13(3)18(20)25-16-7-5-15(22)6-8-16/h5-9,12,17,22H,10-11,21H2,1-4H3,(H,23,24). The van der Waals surface area contributed by atoms with Gasteiger partial charge in [0.05, 0.1) is 0 Å². The molecular weight excluding hydrogens is 318 g/mol. The van der Waals surface area contributed by atoms with Gasteiger partial charge >= 0.3 is 5.97 Å². The molecule has 0 radical (unpaired) electrons. The van der Waals surface area contributed by atoms with Crippen LogP contribution in [0.5, 0.6) is 11.5 Å². The summed E-state index contributed by atoms with van der Waals surface area (Å²) in [7, 11) is 0. The number of ether oxygens (including phenoxy) is 1. The molecule has 5 nitrogen and oxygen atoms in total. The van der Waals surface area contributed by atoms with Gasteiger partial charge in [-0.05, 0) is 55.5 Å². The second-order valence-electron chi connectivity index (χ2n) is 7.31. The van der Waals surface area contributed by atoms with E-state index in [2.05, 4.69) is 20.8 Å². The predicted molar refractivity (Wildman–Crippen MR) is 97.3 cm³/mol. The van der Waals surface area contributed by atoms with Gasteiger partial charge in [0, 0.05) is 5.41 Å². The average molecular weight is 345 g/mol. The minimum Gasteiger partial charge on any atom is -0.508 e. The molecule has 5 heteroatoms. The molecule has 1 aromatic carbocycles. The number of aromatic hydroxyl groups is 1. The first-order chi connectivity index (χ1) is 11.6. The Balaban J connectivity index is 2.36. The van der Waals surface area contributed by atoms with Crippen LogP contribution < -0.4 is 10.5 Å². The number of hydrogen-bond acceptors (Lipinski definition) is 4. The fourth-order valence-corrected chi connectivity index (χ4v) is 3.22. The van der Waals surface area contributed by atoms with Crippen LogP contribution in [-0.2, 0) is 4.79 Å². The smallest absolute Gasteiger partial charge is 0.320 e. The number of carboxylic acid groups (broad SMARTS) is 1. The molecule has 0 heterocycles. The van der Waals surface area contributed by atoms with Gasteiger partial charge in [-0.3, -0.25) is 4.79 Å². The third-order valence-electron chi connectivity index (χ3n) is 5.02. The lowest BCUT2D eigenvalue weighted by Gasteiger charge is -2.40. The lowest BCUT2D eigenvalue weighted by molar-refractivity contribution is -0.138. The molecule has 0 saturated carbocycles. The summed E-state index contributed by atoms with van der Waals surface area (Å²) in [6.07, 6.45) is 3.03. The molecule has 136 valence electrons. The summed E-state index contributed by atoms with van der Waals surface area (Å²) < 4.78 is 6.18. The van der Waals surface area contributed by atoms with Crippen LogP contribution in [0.1, 0.15) is 40.5 Å². The van der Waals surface area contributed by atoms with Gasteiger partial charge in [0.25, 0.3) is 0 Å². The van der Waals surface area contributed by atoms with Crippen molar-refractivity contribution < 1.29 is 19.7 Å². The maximum atomic E-state index is 11.1. The highest BCUT2D eigenvalue weighted by Crippen LogP contribution is 2.47. The van der Waals surface area contributed by atoms with Gasteiger partial charge in [-0.25, -0.2) is 0 Å². The van der Waals surface area contributed by atoms with E-state index in [4.69, 9.17) is 15.6 Å².